The summed E-state index contributed by atoms with van der Waals surface area (Å²) in [5.74, 6) is -0.421. The monoisotopic (exact) mass is 260 g/mol. The maximum absolute atomic E-state index is 11.7. The highest BCUT2D eigenvalue weighted by Gasteiger charge is 2.37. The number of carbonyl (C=O) groups is 2. The number of methoxy groups -OCH3 is 1. The lowest BCUT2D eigenvalue weighted by Crippen LogP contribution is -2.39. The molecule has 1 heterocycles. The minimum Gasteiger partial charge on any atom is -0.390 e. The Balaban J connectivity index is 2.24. The average Bonchev–Trinajstić information content (AvgIpc) is 2.67. The van der Waals surface area contributed by atoms with Crippen molar-refractivity contribution in [3.63, 3.8) is 0 Å². The van der Waals surface area contributed by atoms with Gasteiger partial charge in [-0.2, -0.15) is 0 Å². The number of ether oxygens (including phenoxy) is 2. The van der Waals surface area contributed by atoms with Crippen molar-refractivity contribution in [2.75, 3.05) is 26.8 Å². The summed E-state index contributed by atoms with van der Waals surface area (Å²) in [4.78, 5) is 22.3. The zero-order chi connectivity index (χ0) is 13.5. The second kappa shape index (κ2) is 7.30. The number of carbonyl (C=O) groups excluding carboxylic acids is 2. The summed E-state index contributed by atoms with van der Waals surface area (Å²) < 4.78 is 10.3. The van der Waals surface area contributed by atoms with Crippen molar-refractivity contribution in [3.05, 3.63) is 0 Å². The molecule has 3 atom stereocenters. The fourth-order valence-electron chi connectivity index (χ4n) is 1.75. The molecule has 0 aliphatic carbocycles. The zero-order valence-electron chi connectivity index (χ0n) is 10.6. The van der Waals surface area contributed by atoms with Gasteiger partial charge in [0.2, 0.25) is 11.8 Å². The van der Waals surface area contributed by atoms with E-state index >= 15 is 0 Å². The van der Waals surface area contributed by atoms with Crippen molar-refractivity contribution in [2.24, 2.45) is 0 Å². The highest BCUT2D eigenvalue weighted by atomic mass is 16.6. The number of aliphatic hydroxyl groups excluding tert-OH is 1. The number of hydrogen-bond donors (Lipinski definition) is 3. The minimum absolute atomic E-state index is 0.142. The van der Waals surface area contributed by atoms with Crippen LogP contribution in [0.25, 0.3) is 0 Å². The fraction of sp³-hybridized carbons (Fsp3) is 0.818. The van der Waals surface area contributed by atoms with Crippen LogP contribution < -0.4 is 10.6 Å². The van der Waals surface area contributed by atoms with E-state index in [1.807, 2.05) is 0 Å². The van der Waals surface area contributed by atoms with Crippen LogP contribution in [0.1, 0.15) is 13.3 Å². The van der Waals surface area contributed by atoms with E-state index in [0.29, 0.717) is 13.1 Å². The van der Waals surface area contributed by atoms with E-state index in [1.54, 1.807) is 0 Å². The van der Waals surface area contributed by atoms with Gasteiger partial charge in [0, 0.05) is 33.5 Å². The molecule has 1 saturated heterocycles. The van der Waals surface area contributed by atoms with Gasteiger partial charge in [-0.1, -0.05) is 0 Å². The van der Waals surface area contributed by atoms with Gasteiger partial charge in [0.25, 0.3) is 0 Å². The topological polar surface area (TPSA) is 96.9 Å². The van der Waals surface area contributed by atoms with Crippen molar-refractivity contribution in [2.45, 2.75) is 31.7 Å². The zero-order valence-corrected chi connectivity index (χ0v) is 10.6. The maximum atomic E-state index is 11.7. The van der Waals surface area contributed by atoms with Crippen LogP contribution in [0.3, 0.4) is 0 Å². The molecule has 0 spiro atoms. The normalized spacial score (nSPS) is 26.9. The van der Waals surface area contributed by atoms with Crippen molar-refractivity contribution in [3.8, 4) is 0 Å². The Morgan fingerprint density at radius 2 is 2.06 bits per heavy atom. The van der Waals surface area contributed by atoms with Gasteiger partial charge in [-0.15, -0.1) is 0 Å². The standard InChI is InChI=1S/C11H20N2O5/c1-7(14)12-3-4-13-11(16)9-5-8(15)10(18-9)6-17-2/h8-10,15H,3-6H2,1-2H3,(H,12,14)(H,13,16)/t8-,9-,10?/m1/s1. The fourth-order valence-corrected chi connectivity index (χ4v) is 1.75. The summed E-state index contributed by atoms with van der Waals surface area (Å²) in [7, 11) is 1.51. The SMILES string of the molecule is COCC1O[C@@H](C(=O)NCCNC(C)=O)C[C@H]1O. The summed E-state index contributed by atoms with van der Waals surface area (Å²) in [6, 6.07) is 0. The summed E-state index contributed by atoms with van der Waals surface area (Å²) in [6.07, 6.45) is -1.53. The summed E-state index contributed by atoms with van der Waals surface area (Å²) in [5, 5.41) is 14.8. The molecule has 104 valence electrons. The smallest absolute Gasteiger partial charge is 0.249 e. The third kappa shape index (κ3) is 4.59. The molecule has 0 aromatic carbocycles. The first-order valence-electron chi connectivity index (χ1n) is 5.89. The molecule has 0 radical (unpaired) electrons. The van der Waals surface area contributed by atoms with Crippen LogP contribution in [0.15, 0.2) is 0 Å². The third-order valence-corrected chi connectivity index (χ3v) is 2.65. The molecule has 0 aromatic heterocycles. The van der Waals surface area contributed by atoms with Gasteiger partial charge < -0.3 is 25.2 Å². The molecule has 0 aromatic rings. The van der Waals surface area contributed by atoms with E-state index in [4.69, 9.17) is 9.47 Å². The lowest BCUT2D eigenvalue weighted by Gasteiger charge is -2.13. The molecule has 3 N–H and O–H groups in total. The summed E-state index contributed by atoms with van der Waals surface area (Å²) >= 11 is 0. The molecule has 1 aliphatic heterocycles. The van der Waals surface area contributed by atoms with Gasteiger partial charge in [-0.25, -0.2) is 0 Å². The van der Waals surface area contributed by atoms with Gasteiger partial charge in [0.1, 0.15) is 12.2 Å². The molecule has 0 bridgehead atoms. The molecule has 1 aliphatic rings. The van der Waals surface area contributed by atoms with E-state index in [9.17, 15) is 14.7 Å². The van der Waals surface area contributed by atoms with Crippen molar-refractivity contribution in [1.29, 1.82) is 0 Å². The van der Waals surface area contributed by atoms with Gasteiger partial charge in [-0.3, -0.25) is 9.59 Å². The molecular formula is C11H20N2O5. The van der Waals surface area contributed by atoms with Crippen LogP contribution in [0.4, 0.5) is 0 Å². The first-order valence-corrected chi connectivity index (χ1v) is 5.89. The average molecular weight is 260 g/mol. The molecule has 1 unspecified atom stereocenters. The van der Waals surface area contributed by atoms with Gasteiger partial charge in [0.15, 0.2) is 0 Å². The molecule has 7 nitrogen and oxygen atoms in total. The van der Waals surface area contributed by atoms with E-state index in [0.717, 1.165) is 0 Å². The predicted octanol–water partition coefficient (Wildman–Crippen LogP) is -1.60. The minimum atomic E-state index is -0.684. The van der Waals surface area contributed by atoms with Crippen LogP contribution in [-0.2, 0) is 19.1 Å². The van der Waals surface area contributed by atoms with Crippen molar-refractivity contribution < 1.29 is 24.2 Å². The van der Waals surface area contributed by atoms with E-state index in [2.05, 4.69) is 10.6 Å². The number of aliphatic hydroxyl groups is 1. The van der Waals surface area contributed by atoms with Gasteiger partial charge >= 0.3 is 0 Å². The summed E-state index contributed by atoms with van der Waals surface area (Å²) in [6.45, 7) is 2.38. The number of hydrogen-bond acceptors (Lipinski definition) is 5. The lowest BCUT2D eigenvalue weighted by molar-refractivity contribution is -0.133. The van der Waals surface area contributed by atoms with Gasteiger partial charge in [-0.05, 0) is 0 Å². The van der Waals surface area contributed by atoms with E-state index < -0.39 is 18.3 Å². The molecule has 1 rings (SSSR count). The number of nitrogens with one attached hydrogen (secondary N) is 2. The predicted molar refractivity (Wildman–Crippen MR) is 62.9 cm³/mol. The highest BCUT2D eigenvalue weighted by molar-refractivity contribution is 5.81. The van der Waals surface area contributed by atoms with Crippen LogP contribution in [-0.4, -0.2) is 62.0 Å². The molecule has 1 fully saturated rings. The van der Waals surface area contributed by atoms with E-state index in [1.165, 1.54) is 14.0 Å². The van der Waals surface area contributed by atoms with Crippen LogP contribution in [0, 0.1) is 0 Å². The quantitative estimate of drug-likeness (QED) is 0.500. The van der Waals surface area contributed by atoms with Gasteiger partial charge in [0.05, 0.1) is 12.7 Å². The molecular weight excluding hydrogens is 240 g/mol. The number of rotatable bonds is 6. The first-order chi connectivity index (χ1) is 8.54. The van der Waals surface area contributed by atoms with Crippen LogP contribution in [0.2, 0.25) is 0 Å². The Morgan fingerprint density at radius 3 is 2.67 bits per heavy atom. The van der Waals surface area contributed by atoms with Crippen molar-refractivity contribution in [1.82, 2.24) is 10.6 Å². The first kappa shape index (κ1) is 14.9. The maximum Gasteiger partial charge on any atom is 0.249 e. The lowest BCUT2D eigenvalue weighted by atomic mass is 10.1. The van der Waals surface area contributed by atoms with Crippen LogP contribution in [0.5, 0.6) is 0 Å². The third-order valence-electron chi connectivity index (χ3n) is 2.65. The molecule has 2 amide bonds. The van der Waals surface area contributed by atoms with Crippen LogP contribution >= 0.6 is 0 Å². The Labute approximate surface area is 106 Å². The largest absolute Gasteiger partial charge is 0.390 e. The Morgan fingerprint density at radius 1 is 1.39 bits per heavy atom. The second-order valence-corrected chi connectivity index (χ2v) is 4.20. The number of amides is 2. The van der Waals surface area contributed by atoms with Crippen molar-refractivity contribution >= 4 is 11.8 Å². The molecule has 0 saturated carbocycles. The van der Waals surface area contributed by atoms with E-state index in [-0.39, 0.29) is 24.8 Å². The Hall–Kier alpha value is -1.18. The molecule has 18 heavy (non-hydrogen) atoms. The highest BCUT2D eigenvalue weighted by Crippen LogP contribution is 2.20. The Bertz CT molecular complexity index is 297. The summed E-state index contributed by atoms with van der Waals surface area (Å²) in [5.41, 5.74) is 0. The second-order valence-electron chi connectivity index (χ2n) is 4.20. The Kier molecular flexibility index (Phi) is 6.03. The molecule has 7 heteroatoms.